The number of rotatable bonds is 6. The van der Waals surface area contributed by atoms with Gasteiger partial charge < -0.3 is 14.9 Å². The molecular formula is C15H23FN2O2. The molecule has 0 aliphatic rings. The molecule has 1 unspecified atom stereocenters. The first-order chi connectivity index (χ1) is 9.40. The minimum absolute atomic E-state index is 0.0124. The van der Waals surface area contributed by atoms with Crippen LogP contribution in [0.5, 0.6) is 0 Å². The van der Waals surface area contributed by atoms with Crippen molar-refractivity contribution in [3.8, 4) is 0 Å². The Morgan fingerprint density at radius 3 is 2.45 bits per heavy atom. The number of carbonyl (C=O) groups excluding carboxylic acids is 1. The molecule has 4 nitrogen and oxygen atoms in total. The van der Waals surface area contributed by atoms with Crippen LogP contribution in [0.25, 0.3) is 0 Å². The summed E-state index contributed by atoms with van der Waals surface area (Å²) in [4.78, 5) is 15.6. The molecule has 0 aliphatic heterocycles. The lowest BCUT2D eigenvalue weighted by molar-refractivity contribution is -0.129. The summed E-state index contributed by atoms with van der Waals surface area (Å²) in [6, 6.07) is 4.23. The number of aliphatic hydroxyl groups excluding tert-OH is 1. The molecule has 1 aromatic rings. The molecule has 0 bridgehead atoms. The summed E-state index contributed by atoms with van der Waals surface area (Å²) in [5, 5.41) is 9.72. The third kappa shape index (κ3) is 3.93. The van der Waals surface area contributed by atoms with Crippen molar-refractivity contribution in [1.29, 1.82) is 0 Å². The average molecular weight is 282 g/mol. The fraction of sp³-hybridized carbons (Fsp3) is 0.533. The molecule has 0 heterocycles. The van der Waals surface area contributed by atoms with Gasteiger partial charge in [0.1, 0.15) is 5.82 Å². The van der Waals surface area contributed by atoms with E-state index in [4.69, 9.17) is 0 Å². The Hall–Kier alpha value is -1.62. The van der Waals surface area contributed by atoms with Gasteiger partial charge in [0.15, 0.2) is 0 Å². The minimum Gasteiger partial charge on any atom is -0.389 e. The molecule has 1 rings (SSSR count). The smallest absolute Gasteiger partial charge is 0.242 e. The molecule has 0 saturated heterocycles. The van der Waals surface area contributed by atoms with Crippen molar-refractivity contribution < 1.29 is 14.3 Å². The second-order valence-corrected chi connectivity index (χ2v) is 4.80. The van der Waals surface area contributed by atoms with E-state index in [1.165, 1.54) is 12.1 Å². The van der Waals surface area contributed by atoms with E-state index in [9.17, 15) is 14.3 Å². The molecular weight excluding hydrogens is 259 g/mol. The fourth-order valence-corrected chi connectivity index (χ4v) is 2.17. The summed E-state index contributed by atoms with van der Waals surface area (Å²) < 4.78 is 13.3. The summed E-state index contributed by atoms with van der Waals surface area (Å²) in [5.74, 6) is -0.383. The van der Waals surface area contributed by atoms with Gasteiger partial charge in [-0.2, -0.15) is 0 Å². The van der Waals surface area contributed by atoms with Crippen LogP contribution in [0.2, 0.25) is 0 Å². The average Bonchev–Trinajstić information content (AvgIpc) is 2.39. The number of likely N-dealkylation sites (N-methyl/N-ethyl adjacent to an activating group) is 2. The van der Waals surface area contributed by atoms with Crippen LogP contribution in [-0.4, -0.2) is 42.6 Å². The predicted molar refractivity (Wildman–Crippen MR) is 78.2 cm³/mol. The standard InChI is InChI=1S/C15H23FN2O2/c1-5-18(6-2)15(20)10-17(4)14-8-7-12(16)9-13(14)11(3)19/h7-9,11,19H,5-6,10H2,1-4H3. The van der Waals surface area contributed by atoms with E-state index >= 15 is 0 Å². The maximum Gasteiger partial charge on any atom is 0.242 e. The maximum atomic E-state index is 13.3. The molecule has 0 aromatic heterocycles. The number of hydrogen-bond donors (Lipinski definition) is 1. The molecule has 0 saturated carbocycles. The van der Waals surface area contributed by atoms with Gasteiger partial charge in [-0.1, -0.05) is 0 Å². The first-order valence-electron chi connectivity index (χ1n) is 6.87. The van der Waals surface area contributed by atoms with E-state index in [-0.39, 0.29) is 12.5 Å². The first-order valence-corrected chi connectivity index (χ1v) is 6.87. The number of amides is 1. The second kappa shape index (κ2) is 7.24. The van der Waals surface area contributed by atoms with Crippen molar-refractivity contribution in [2.45, 2.75) is 26.9 Å². The number of anilines is 1. The van der Waals surface area contributed by atoms with Crippen LogP contribution in [0.15, 0.2) is 18.2 Å². The Balaban J connectivity index is 2.92. The minimum atomic E-state index is -0.785. The SMILES string of the molecule is CCN(CC)C(=O)CN(C)c1ccc(F)cc1C(C)O. The Kier molecular flexibility index (Phi) is 5.95. The van der Waals surface area contributed by atoms with E-state index in [1.807, 2.05) is 13.8 Å². The van der Waals surface area contributed by atoms with Crippen LogP contribution in [0.4, 0.5) is 10.1 Å². The zero-order valence-corrected chi connectivity index (χ0v) is 12.6. The van der Waals surface area contributed by atoms with Crippen LogP contribution in [0.1, 0.15) is 32.4 Å². The van der Waals surface area contributed by atoms with Crippen LogP contribution in [-0.2, 0) is 4.79 Å². The molecule has 20 heavy (non-hydrogen) atoms. The molecule has 5 heteroatoms. The number of hydrogen-bond acceptors (Lipinski definition) is 3. The Bertz CT molecular complexity index is 459. The van der Waals surface area contributed by atoms with Crippen molar-refractivity contribution in [3.63, 3.8) is 0 Å². The molecule has 1 atom stereocenters. The second-order valence-electron chi connectivity index (χ2n) is 4.80. The lowest BCUT2D eigenvalue weighted by Gasteiger charge is -2.26. The number of carbonyl (C=O) groups is 1. The van der Waals surface area contributed by atoms with E-state index in [0.29, 0.717) is 24.3 Å². The van der Waals surface area contributed by atoms with Gasteiger partial charge >= 0.3 is 0 Å². The van der Waals surface area contributed by atoms with Crippen molar-refractivity contribution in [2.24, 2.45) is 0 Å². The van der Waals surface area contributed by atoms with Crippen LogP contribution in [0, 0.1) is 5.82 Å². The highest BCUT2D eigenvalue weighted by atomic mass is 19.1. The molecule has 0 fully saturated rings. The Morgan fingerprint density at radius 1 is 1.35 bits per heavy atom. The highest BCUT2D eigenvalue weighted by Gasteiger charge is 2.17. The van der Waals surface area contributed by atoms with Gasteiger partial charge in [0, 0.05) is 31.4 Å². The summed E-state index contributed by atoms with van der Waals surface area (Å²) >= 11 is 0. The number of halogens is 1. The highest BCUT2D eigenvalue weighted by Crippen LogP contribution is 2.26. The van der Waals surface area contributed by atoms with Gasteiger partial charge in [-0.15, -0.1) is 0 Å². The third-order valence-corrected chi connectivity index (χ3v) is 3.34. The van der Waals surface area contributed by atoms with Gasteiger partial charge in [0.2, 0.25) is 5.91 Å². The fourth-order valence-electron chi connectivity index (χ4n) is 2.17. The molecule has 0 spiro atoms. The van der Waals surface area contributed by atoms with E-state index in [0.717, 1.165) is 0 Å². The maximum absolute atomic E-state index is 13.3. The largest absolute Gasteiger partial charge is 0.389 e. The first kappa shape index (κ1) is 16.4. The van der Waals surface area contributed by atoms with Gasteiger partial charge in [0.05, 0.1) is 12.6 Å². The quantitative estimate of drug-likeness (QED) is 0.870. The van der Waals surface area contributed by atoms with Crippen LogP contribution in [0.3, 0.4) is 0 Å². The Labute approximate surface area is 119 Å². The molecule has 1 N–H and O–H groups in total. The molecule has 0 aliphatic carbocycles. The molecule has 0 radical (unpaired) electrons. The topological polar surface area (TPSA) is 43.8 Å². The summed E-state index contributed by atoms with van der Waals surface area (Å²) in [6.07, 6.45) is -0.785. The van der Waals surface area contributed by atoms with Crippen LogP contribution < -0.4 is 4.90 Å². The van der Waals surface area contributed by atoms with E-state index in [2.05, 4.69) is 0 Å². The summed E-state index contributed by atoms with van der Waals surface area (Å²) in [7, 11) is 1.76. The Morgan fingerprint density at radius 2 is 1.95 bits per heavy atom. The molecule has 1 aromatic carbocycles. The van der Waals surface area contributed by atoms with Crippen molar-refractivity contribution in [1.82, 2.24) is 4.90 Å². The van der Waals surface area contributed by atoms with Gasteiger partial charge in [-0.05, 0) is 39.0 Å². The van der Waals surface area contributed by atoms with Crippen molar-refractivity contribution in [2.75, 3.05) is 31.6 Å². The predicted octanol–water partition coefficient (Wildman–Crippen LogP) is 2.18. The summed E-state index contributed by atoms with van der Waals surface area (Å²) in [6.45, 7) is 6.97. The number of nitrogens with zero attached hydrogens (tertiary/aromatic N) is 2. The number of aliphatic hydroxyl groups is 1. The monoisotopic (exact) mass is 282 g/mol. The zero-order chi connectivity index (χ0) is 15.3. The van der Waals surface area contributed by atoms with Crippen molar-refractivity contribution >= 4 is 11.6 Å². The lowest BCUT2D eigenvalue weighted by Crippen LogP contribution is -2.39. The third-order valence-electron chi connectivity index (χ3n) is 3.34. The van der Waals surface area contributed by atoms with Gasteiger partial charge in [0.25, 0.3) is 0 Å². The number of benzene rings is 1. The zero-order valence-electron chi connectivity index (χ0n) is 12.6. The summed E-state index contributed by atoms with van der Waals surface area (Å²) in [5.41, 5.74) is 1.15. The van der Waals surface area contributed by atoms with E-state index in [1.54, 1.807) is 29.8 Å². The van der Waals surface area contributed by atoms with Gasteiger partial charge in [-0.3, -0.25) is 4.79 Å². The van der Waals surface area contributed by atoms with Crippen LogP contribution >= 0.6 is 0 Å². The molecule has 1 amide bonds. The highest BCUT2D eigenvalue weighted by molar-refractivity contribution is 5.81. The lowest BCUT2D eigenvalue weighted by atomic mass is 10.1. The van der Waals surface area contributed by atoms with E-state index < -0.39 is 11.9 Å². The van der Waals surface area contributed by atoms with Gasteiger partial charge in [-0.25, -0.2) is 4.39 Å². The van der Waals surface area contributed by atoms with Crippen molar-refractivity contribution in [3.05, 3.63) is 29.6 Å². The normalized spacial score (nSPS) is 12.1. The molecule has 112 valence electrons.